The van der Waals surface area contributed by atoms with Gasteiger partial charge in [0, 0.05) is 28.4 Å². The van der Waals surface area contributed by atoms with E-state index < -0.39 is 5.54 Å². The zero-order valence-electron chi connectivity index (χ0n) is 14.4. The minimum atomic E-state index is -0.390. The Hall–Kier alpha value is -2.03. The van der Waals surface area contributed by atoms with Crippen molar-refractivity contribution in [2.24, 2.45) is 11.8 Å². The number of allylic oxidation sites excluding steroid dienone is 3. The van der Waals surface area contributed by atoms with Crippen LogP contribution in [-0.4, -0.2) is 11.3 Å². The van der Waals surface area contributed by atoms with Crippen molar-refractivity contribution in [3.8, 4) is 0 Å². The summed E-state index contributed by atoms with van der Waals surface area (Å²) in [6.45, 7) is 8.38. The fraction of sp³-hybridized carbons (Fsp3) is 0.450. The first-order valence-corrected chi connectivity index (χ1v) is 8.42. The number of nitrogen functional groups attached to an aromatic ring is 1. The average Bonchev–Trinajstić information content (AvgIpc) is 2.46. The van der Waals surface area contributed by atoms with Gasteiger partial charge in [-0.15, -0.1) is 0 Å². The summed E-state index contributed by atoms with van der Waals surface area (Å²) in [4.78, 5) is 13.2. The lowest BCUT2D eigenvalue weighted by molar-refractivity contribution is -0.118. The van der Waals surface area contributed by atoms with Crippen molar-refractivity contribution in [2.75, 3.05) is 11.1 Å². The molecule has 2 aliphatic rings. The molecule has 1 heterocycles. The minimum absolute atomic E-state index is 0.0105. The Labute approximate surface area is 138 Å². The molecule has 0 saturated heterocycles. The normalized spacial score (nSPS) is 25.7. The standard InChI is InChI=1S/C20H26N2O/c1-12-8-10-14(11-9-12)19(23)18-13(2)17-15(21)6-5-7-16(17)22-20(18,3)4/h5-8,10,12,14,22H,9,11,21H2,1-4H3. The highest BCUT2D eigenvalue weighted by atomic mass is 16.1. The number of nitrogens with two attached hydrogens (primary N) is 1. The first-order valence-electron chi connectivity index (χ1n) is 8.42. The molecule has 3 heteroatoms. The Balaban J connectivity index is 2.08. The summed E-state index contributed by atoms with van der Waals surface area (Å²) in [6.07, 6.45) is 6.27. The lowest BCUT2D eigenvalue weighted by atomic mass is 9.75. The molecule has 1 aromatic rings. The van der Waals surface area contributed by atoms with Gasteiger partial charge in [0.2, 0.25) is 0 Å². The fourth-order valence-corrected chi connectivity index (χ4v) is 3.94. The maximum atomic E-state index is 13.2. The number of fused-ring (bicyclic) bond motifs is 1. The lowest BCUT2D eigenvalue weighted by Crippen LogP contribution is -2.42. The molecule has 3 nitrogen and oxygen atoms in total. The van der Waals surface area contributed by atoms with Gasteiger partial charge in [-0.3, -0.25) is 4.79 Å². The van der Waals surface area contributed by atoms with Crippen LogP contribution >= 0.6 is 0 Å². The molecule has 1 aromatic carbocycles. The van der Waals surface area contributed by atoms with Crippen molar-refractivity contribution in [2.45, 2.75) is 46.1 Å². The van der Waals surface area contributed by atoms with E-state index in [9.17, 15) is 4.79 Å². The Bertz CT molecular complexity index is 712. The van der Waals surface area contributed by atoms with E-state index in [4.69, 9.17) is 5.73 Å². The molecule has 3 rings (SSSR count). The molecule has 0 saturated carbocycles. The molecule has 0 aromatic heterocycles. The van der Waals surface area contributed by atoms with Gasteiger partial charge < -0.3 is 11.1 Å². The monoisotopic (exact) mass is 310 g/mol. The van der Waals surface area contributed by atoms with E-state index in [1.807, 2.05) is 25.1 Å². The Morgan fingerprint density at radius 1 is 1.26 bits per heavy atom. The lowest BCUT2D eigenvalue weighted by Gasteiger charge is -2.38. The quantitative estimate of drug-likeness (QED) is 0.628. The second-order valence-electron chi connectivity index (χ2n) is 7.43. The highest BCUT2D eigenvalue weighted by molar-refractivity contribution is 6.10. The molecule has 2 unspecified atom stereocenters. The predicted molar refractivity (Wildman–Crippen MR) is 97.2 cm³/mol. The molecule has 0 amide bonds. The van der Waals surface area contributed by atoms with Crippen LogP contribution in [0.5, 0.6) is 0 Å². The molecule has 1 aliphatic heterocycles. The van der Waals surface area contributed by atoms with Crippen molar-refractivity contribution in [3.05, 3.63) is 41.5 Å². The van der Waals surface area contributed by atoms with Crippen LogP contribution in [-0.2, 0) is 4.79 Å². The van der Waals surface area contributed by atoms with E-state index >= 15 is 0 Å². The van der Waals surface area contributed by atoms with Crippen LogP contribution in [0.4, 0.5) is 11.4 Å². The average molecular weight is 310 g/mol. The van der Waals surface area contributed by atoms with E-state index in [1.165, 1.54) is 0 Å². The molecule has 0 bridgehead atoms. The van der Waals surface area contributed by atoms with Gasteiger partial charge in [-0.25, -0.2) is 0 Å². The summed E-state index contributed by atoms with van der Waals surface area (Å²) < 4.78 is 0. The summed E-state index contributed by atoms with van der Waals surface area (Å²) in [5, 5.41) is 3.50. The molecular formula is C20H26N2O. The molecule has 3 N–H and O–H groups in total. The van der Waals surface area contributed by atoms with Gasteiger partial charge in [-0.05, 0) is 57.2 Å². The third-order valence-electron chi connectivity index (χ3n) is 5.11. The van der Waals surface area contributed by atoms with E-state index in [-0.39, 0.29) is 11.7 Å². The van der Waals surface area contributed by atoms with Crippen LogP contribution in [0.1, 0.15) is 46.1 Å². The van der Waals surface area contributed by atoms with Crippen LogP contribution in [0.3, 0.4) is 0 Å². The maximum absolute atomic E-state index is 13.2. The van der Waals surface area contributed by atoms with Gasteiger partial charge in [0.05, 0.1) is 5.54 Å². The predicted octanol–water partition coefficient (Wildman–Crippen LogP) is 4.42. The van der Waals surface area contributed by atoms with Gasteiger partial charge in [-0.1, -0.05) is 25.1 Å². The number of nitrogens with one attached hydrogen (secondary N) is 1. The van der Waals surface area contributed by atoms with Crippen molar-refractivity contribution >= 4 is 22.7 Å². The third-order valence-corrected chi connectivity index (χ3v) is 5.11. The van der Waals surface area contributed by atoms with Crippen molar-refractivity contribution in [3.63, 3.8) is 0 Å². The number of benzene rings is 1. The molecule has 1 aliphatic carbocycles. The Kier molecular flexibility index (Phi) is 3.83. The summed E-state index contributed by atoms with van der Waals surface area (Å²) in [7, 11) is 0. The van der Waals surface area contributed by atoms with Gasteiger partial charge in [0.1, 0.15) is 0 Å². The number of carbonyl (C=O) groups excluding carboxylic acids is 1. The van der Waals surface area contributed by atoms with Crippen LogP contribution in [0.15, 0.2) is 35.9 Å². The molecule has 2 atom stereocenters. The molecule has 0 radical (unpaired) electrons. The summed E-state index contributed by atoms with van der Waals surface area (Å²) in [6, 6.07) is 5.87. The van der Waals surface area contributed by atoms with E-state index in [1.54, 1.807) is 0 Å². The van der Waals surface area contributed by atoms with Crippen LogP contribution in [0, 0.1) is 11.8 Å². The smallest absolute Gasteiger partial charge is 0.168 e. The minimum Gasteiger partial charge on any atom is -0.398 e. The van der Waals surface area contributed by atoms with Crippen molar-refractivity contribution < 1.29 is 4.79 Å². The second kappa shape index (κ2) is 5.55. The Morgan fingerprint density at radius 3 is 2.65 bits per heavy atom. The first-order chi connectivity index (χ1) is 10.8. The number of anilines is 2. The van der Waals surface area contributed by atoms with Gasteiger partial charge in [0.15, 0.2) is 5.78 Å². The van der Waals surface area contributed by atoms with Gasteiger partial charge in [-0.2, -0.15) is 0 Å². The molecule has 122 valence electrons. The van der Waals surface area contributed by atoms with E-state index in [2.05, 4.69) is 38.2 Å². The summed E-state index contributed by atoms with van der Waals surface area (Å²) in [5.41, 5.74) is 10.4. The summed E-state index contributed by atoms with van der Waals surface area (Å²) in [5.74, 6) is 0.795. The summed E-state index contributed by atoms with van der Waals surface area (Å²) >= 11 is 0. The number of carbonyl (C=O) groups is 1. The largest absolute Gasteiger partial charge is 0.398 e. The van der Waals surface area contributed by atoms with Crippen LogP contribution < -0.4 is 11.1 Å². The SMILES string of the molecule is CC1=C(C(=O)C2C=CC(C)CC2)C(C)(C)Nc2cccc(N)c21. The zero-order valence-corrected chi connectivity index (χ0v) is 14.4. The maximum Gasteiger partial charge on any atom is 0.168 e. The topological polar surface area (TPSA) is 55.1 Å². The molecule has 0 fully saturated rings. The fourth-order valence-electron chi connectivity index (χ4n) is 3.94. The second-order valence-corrected chi connectivity index (χ2v) is 7.43. The number of ketones is 1. The number of hydrogen-bond acceptors (Lipinski definition) is 3. The number of Topliss-reactive ketones (excluding diaryl/α,β-unsaturated/α-hetero) is 1. The first kappa shape index (κ1) is 15.9. The van der Waals surface area contributed by atoms with E-state index in [0.717, 1.165) is 40.9 Å². The highest BCUT2D eigenvalue weighted by Gasteiger charge is 2.38. The molecule has 23 heavy (non-hydrogen) atoms. The van der Waals surface area contributed by atoms with Crippen molar-refractivity contribution in [1.82, 2.24) is 0 Å². The Morgan fingerprint density at radius 2 is 2.00 bits per heavy atom. The number of rotatable bonds is 2. The zero-order chi connectivity index (χ0) is 16.8. The van der Waals surface area contributed by atoms with Crippen LogP contribution in [0.25, 0.3) is 5.57 Å². The van der Waals surface area contributed by atoms with Crippen LogP contribution in [0.2, 0.25) is 0 Å². The van der Waals surface area contributed by atoms with Crippen molar-refractivity contribution in [1.29, 1.82) is 0 Å². The van der Waals surface area contributed by atoms with Gasteiger partial charge in [0.25, 0.3) is 0 Å². The van der Waals surface area contributed by atoms with E-state index in [0.29, 0.717) is 5.92 Å². The molecular weight excluding hydrogens is 284 g/mol. The third kappa shape index (κ3) is 2.69. The van der Waals surface area contributed by atoms with Gasteiger partial charge >= 0.3 is 0 Å². The molecule has 0 spiro atoms. The highest BCUT2D eigenvalue weighted by Crippen LogP contribution is 2.43. The number of hydrogen-bond donors (Lipinski definition) is 2.